The zero-order valence-corrected chi connectivity index (χ0v) is 23.8. The summed E-state index contributed by atoms with van der Waals surface area (Å²) in [6, 6.07) is 20.5. The number of H-pyrrole nitrogens is 1. The first-order valence-corrected chi connectivity index (χ1v) is 14.6. The first kappa shape index (κ1) is 27.1. The van der Waals surface area contributed by atoms with E-state index in [0.29, 0.717) is 43.4 Å². The fourth-order valence-electron chi connectivity index (χ4n) is 5.09. The summed E-state index contributed by atoms with van der Waals surface area (Å²) in [5, 5.41) is 2.91. The normalized spacial score (nSPS) is 19.5. The molecule has 3 aromatic carbocycles. The van der Waals surface area contributed by atoms with Crippen LogP contribution in [0.3, 0.4) is 0 Å². The quantitative estimate of drug-likeness (QED) is 0.287. The van der Waals surface area contributed by atoms with Crippen LogP contribution in [-0.2, 0) is 14.4 Å². The Morgan fingerprint density at radius 1 is 1.02 bits per heavy atom. The molecule has 0 spiro atoms. The van der Waals surface area contributed by atoms with Crippen molar-refractivity contribution in [1.29, 1.82) is 0 Å². The number of para-hydroxylation sites is 1. The molecule has 1 saturated heterocycles. The van der Waals surface area contributed by atoms with Crippen LogP contribution in [0.1, 0.15) is 16.4 Å². The number of hydrogen-bond donors (Lipinski definition) is 2. The molecular weight excluding hydrogens is 586 g/mol. The fraction of sp³-hybridized carbons (Fsp3) is 0.172. The van der Waals surface area contributed by atoms with Crippen LogP contribution in [-0.4, -0.2) is 41.7 Å². The van der Waals surface area contributed by atoms with Gasteiger partial charge in [-0.25, -0.2) is 4.90 Å². The predicted octanol–water partition coefficient (Wildman–Crippen LogP) is 4.91. The van der Waals surface area contributed by atoms with Gasteiger partial charge in [-0.05, 0) is 54.6 Å². The average Bonchev–Trinajstić information content (AvgIpc) is 3.47. The number of aromatic amines is 1. The van der Waals surface area contributed by atoms with Crippen LogP contribution in [0.15, 0.2) is 82.6 Å². The molecule has 41 heavy (non-hydrogen) atoms. The predicted molar refractivity (Wildman–Crippen MR) is 157 cm³/mol. The highest BCUT2D eigenvalue weighted by Crippen LogP contribution is 2.54. The number of thiazole rings is 1. The molecule has 3 amide bonds. The Morgan fingerprint density at radius 3 is 2.51 bits per heavy atom. The summed E-state index contributed by atoms with van der Waals surface area (Å²) in [5.41, 5.74) is 1.56. The van der Waals surface area contributed by atoms with Crippen molar-refractivity contribution in [2.45, 2.75) is 16.2 Å². The van der Waals surface area contributed by atoms with E-state index in [1.165, 1.54) is 16.7 Å². The second kappa shape index (κ2) is 11.1. The van der Waals surface area contributed by atoms with Gasteiger partial charge in [-0.1, -0.05) is 52.9 Å². The molecule has 2 aliphatic rings. The maximum Gasteiger partial charge on any atom is 0.305 e. The highest BCUT2D eigenvalue weighted by atomic mass is 35.5. The van der Waals surface area contributed by atoms with Gasteiger partial charge in [0.15, 0.2) is 6.61 Å². The summed E-state index contributed by atoms with van der Waals surface area (Å²) < 4.78 is 11.1. The zero-order chi connectivity index (χ0) is 28.7. The van der Waals surface area contributed by atoms with E-state index in [9.17, 15) is 19.2 Å². The Labute approximate surface area is 247 Å². The van der Waals surface area contributed by atoms with Crippen molar-refractivity contribution in [3.05, 3.63) is 97.9 Å². The van der Waals surface area contributed by atoms with Gasteiger partial charge in [0.1, 0.15) is 16.7 Å². The third kappa shape index (κ3) is 5.12. The number of fused-ring (bicyclic) bond motifs is 2. The molecule has 208 valence electrons. The number of methoxy groups -OCH3 is 1. The molecule has 0 bridgehead atoms. The summed E-state index contributed by atoms with van der Waals surface area (Å²) in [7, 11) is 1.56. The van der Waals surface area contributed by atoms with Crippen LogP contribution in [0.2, 0.25) is 5.02 Å². The van der Waals surface area contributed by atoms with Crippen LogP contribution in [0.25, 0.3) is 0 Å². The molecule has 1 fully saturated rings. The van der Waals surface area contributed by atoms with Gasteiger partial charge >= 0.3 is 4.87 Å². The minimum Gasteiger partial charge on any atom is -0.497 e. The number of aromatic nitrogens is 1. The van der Waals surface area contributed by atoms with Gasteiger partial charge in [-0.15, -0.1) is 0 Å². The Hall–Kier alpha value is -4.06. The lowest BCUT2D eigenvalue weighted by Gasteiger charge is -2.31. The number of benzene rings is 3. The van der Waals surface area contributed by atoms with Crippen molar-refractivity contribution in [1.82, 2.24) is 4.98 Å². The van der Waals surface area contributed by atoms with E-state index in [0.717, 1.165) is 11.3 Å². The van der Waals surface area contributed by atoms with E-state index in [-0.39, 0.29) is 23.3 Å². The Kier molecular flexibility index (Phi) is 7.33. The SMILES string of the molecule is COc1ccc(NC(=O)COc2ccc(Cl)cc2C2c3sc(=O)[nH]c3SC3C(=O)N(c4ccccc4)C(=O)C32)cc1. The first-order chi connectivity index (χ1) is 19.8. The van der Waals surface area contributed by atoms with E-state index < -0.39 is 23.0 Å². The van der Waals surface area contributed by atoms with Gasteiger partial charge in [-0.3, -0.25) is 19.2 Å². The van der Waals surface area contributed by atoms with Crippen molar-refractivity contribution in [2.24, 2.45) is 5.92 Å². The van der Waals surface area contributed by atoms with Crippen LogP contribution in [0.5, 0.6) is 11.5 Å². The second-order valence-electron chi connectivity index (χ2n) is 9.34. The van der Waals surface area contributed by atoms with E-state index in [1.54, 1.807) is 73.8 Å². The summed E-state index contributed by atoms with van der Waals surface area (Å²) in [6.45, 7) is -0.324. The van der Waals surface area contributed by atoms with E-state index in [4.69, 9.17) is 21.1 Å². The van der Waals surface area contributed by atoms with Crippen molar-refractivity contribution >= 4 is 63.8 Å². The molecule has 3 heterocycles. The van der Waals surface area contributed by atoms with Crippen LogP contribution >= 0.6 is 34.7 Å². The van der Waals surface area contributed by atoms with Crippen molar-refractivity contribution in [3.8, 4) is 11.5 Å². The van der Waals surface area contributed by atoms with Gasteiger partial charge in [-0.2, -0.15) is 0 Å². The summed E-state index contributed by atoms with van der Waals surface area (Å²) in [4.78, 5) is 57.0. The van der Waals surface area contributed by atoms with Gasteiger partial charge < -0.3 is 19.8 Å². The first-order valence-electron chi connectivity index (χ1n) is 12.5. The third-order valence-corrected chi connectivity index (χ3v) is 9.51. The molecule has 4 aromatic rings. The molecule has 0 aliphatic carbocycles. The molecule has 9 nitrogen and oxygen atoms in total. The Morgan fingerprint density at radius 2 is 1.78 bits per heavy atom. The number of halogens is 1. The number of amides is 3. The lowest BCUT2D eigenvalue weighted by Crippen LogP contribution is -2.32. The molecular formula is C29H22ClN3O6S2. The second-order valence-corrected chi connectivity index (χ2v) is 11.9. The number of nitrogens with zero attached hydrogens (tertiary/aromatic N) is 1. The number of carbonyl (C=O) groups is 3. The highest BCUT2D eigenvalue weighted by Gasteiger charge is 2.56. The summed E-state index contributed by atoms with van der Waals surface area (Å²) >= 11 is 8.59. The number of hydrogen-bond acceptors (Lipinski definition) is 8. The fourth-order valence-corrected chi connectivity index (χ4v) is 7.78. The minimum absolute atomic E-state index is 0.296. The van der Waals surface area contributed by atoms with Gasteiger partial charge in [0.2, 0.25) is 11.8 Å². The minimum atomic E-state index is -0.819. The van der Waals surface area contributed by atoms with E-state index in [1.807, 2.05) is 6.07 Å². The van der Waals surface area contributed by atoms with Crippen LogP contribution in [0.4, 0.5) is 11.4 Å². The van der Waals surface area contributed by atoms with Gasteiger partial charge in [0.05, 0.1) is 23.7 Å². The maximum atomic E-state index is 13.9. The molecule has 3 atom stereocenters. The molecule has 0 saturated carbocycles. The number of rotatable bonds is 7. The average molecular weight is 608 g/mol. The Balaban J connectivity index is 1.34. The molecule has 3 unspecified atom stereocenters. The molecule has 2 aliphatic heterocycles. The number of thioether (sulfide) groups is 1. The number of anilines is 2. The molecule has 0 radical (unpaired) electrons. The van der Waals surface area contributed by atoms with Crippen molar-refractivity contribution < 1.29 is 23.9 Å². The molecule has 6 rings (SSSR count). The van der Waals surface area contributed by atoms with Crippen molar-refractivity contribution in [3.63, 3.8) is 0 Å². The smallest absolute Gasteiger partial charge is 0.305 e. The Bertz CT molecular complexity index is 1710. The molecule has 12 heteroatoms. The lowest BCUT2D eigenvalue weighted by molar-refractivity contribution is -0.122. The van der Waals surface area contributed by atoms with Crippen molar-refractivity contribution in [2.75, 3.05) is 23.9 Å². The maximum absolute atomic E-state index is 13.9. The topological polar surface area (TPSA) is 118 Å². The molecule has 2 N–H and O–H groups in total. The van der Waals surface area contributed by atoms with E-state index in [2.05, 4.69) is 10.3 Å². The van der Waals surface area contributed by atoms with E-state index >= 15 is 0 Å². The zero-order valence-electron chi connectivity index (χ0n) is 21.5. The lowest BCUT2D eigenvalue weighted by atomic mass is 9.82. The van der Waals surface area contributed by atoms with Gasteiger partial charge in [0, 0.05) is 27.1 Å². The summed E-state index contributed by atoms with van der Waals surface area (Å²) in [5.74, 6) is -1.68. The van der Waals surface area contributed by atoms with Crippen LogP contribution < -0.4 is 24.6 Å². The number of carbonyl (C=O) groups excluding carboxylic acids is 3. The summed E-state index contributed by atoms with van der Waals surface area (Å²) in [6.07, 6.45) is 0. The third-order valence-electron chi connectivity index (χ3n) is 6.88. The highest BCUT2D eigenvalue weighted by molar-refractivity contribution is 8.00. The largest absolute Gasteiger partial charge is 0.497 e. The number of ether oxygens (including phenoxy) is 2. The van der Waals surface area contributed by atoms with Crippen LogP contribution in [0, 0.1) is 5.92 Å². The number of nitrogens with one attached hydrogen (secondary N) is 2. The standard InChI is InChI=1S/C29H22ClN3O6S2/c1-38-18-10-8-16(9-11-18)31-21(34)14-39-20-12-7-15(30)13-19(20)22-23-25(40-26-24(22)41-29(37)32-26)28(36)33(27(23)35)17-5-3-2-4-6-17/h2-13,22-23,25H,14H2,1H3,(H,31,34)(H,32,37). The molecule has 1 aromatic heterocycles. The monoisotopic (exact) mass is 607 g/mol. The number of imide groups is 1. The van der Waals surface area contributed by atoms with Gasteiger partial charge in [0.25, 0.3) is 5.91 Å².